The molecule has 2 aromatic carbocycles. The SMILES string of the molecule is CCOc1ccc(S(=O)(=O)NCCC(=O)NCCn2c(C)nc3ccccc32)cc1. The van der Waals surface area contributed by atoms with Gasteiger partial charge in [-0.3, -0.25) is 4.79 Å². The third-order valence-electron chi connectivity index (χ3n) is 4.59. The largest absolute Gasteiger partial charge is 0.494 e. The zero-order chi connectivity index (χ0) is 21.6. The number of aromatic nitrogens is 2. The number of carbonyl (C=O) groups is 1. The standard InChI is InChI=1S/C21H26N4O4S/c1-3-29-17-8-10-18(11-9-17)30(27,28)23-13-12-21(26)22-14-15-25-16(2)24-19-6-4-5-7-20(19)25/h4-11,23H,3,12-15H2,1-2H3,(H,22,26). The second kappa shape index (κ2) is 9.73. The molecule has 160 valence electrons. The van der Waals surface area contributed by atoms with Crippen molar-refractivity contribution in [2.75, 3.05) is 19.7 Å². The van der Waals surface area contributed by atoms with Gasteiger partial charge in [-0.1, -0.05) is 12.1 Å². The van der Waals surface area contributed by atoms with Crippen LogP contribution >= 0.6 is 0 Å². The Bertz CT molecular complexity index is 1110. The van der Waals surface area contributed by atoms with Crippen molar-refractivity contribution < 1.29 is 17.9 Å². The molecule has 0 aliphatic rings. The van der Waals surface area contributed by atoms with E-state index in [1.54, 1.807) is 12.1 Å². The highest BCUT2D eigenvalue weighted by atomic mass is 32.2. The van der Waals surface area contributed by atoms with E-state index in [-0.39, 0.29) is 23.8 Å². The summed E-state index contributed by atoms with van der Waals surface area (Å²) in [6.07, 6.45) is 0.0555. The summed E-state index contributed by atoms with van der Waals surface area (Å²) in [6.45, 7) is 5.35. The van der Waals surface area contributed by atoms with Gasteiger partial charge in [0.2, 0.25) is 15.9 Å². The predicted molar refractivity (Wildman–Crippen MR) is 115 cm³/mol. The quantitative estimate of drug-likeness (QED) is 0.514. The molecule has 0 aliphatic heterocycles. The Kier molecular flexibility index (Phi) is 7.07. The highest BCUT2D eigenvalue weighted by Gasteiger charge is 2.14. The van der Waals surface area contributed by atoms with Gasteiger partial charge in [-0.15, -0.1) is 0 Å². The molecular formula is C21H26N4O4S. The van der Waals surface area contributed by atoms with Crippen molar-refractivity contribution >= 4 is 27.0 Å². The number of imidazole rings is 1. The summed E-state index contributed by atoms with van der Waals surface area (Å²) < 4.78 is 34.4. The predicted octanol–water partition coefficient (Wildman–Crippen LogP) is 2.23. The van der Waals surface area contributed by atoms with Gasteiger partial charge in [-0.2, -0.15) is 0 Å². The smallest absolute Gasteiger partial charge is 0.240 e. The minimum atomic E-state index is -3.67. The minimum absolute atomic E-state index is 0.0222. The van der Waals surface area contributed by atoms with E-state index in [1.807, 2.05) is 42.7 Å². The molecule has 0 unspecified atom stereocenters. The molecule has 9 heteroatoms. The normalized spacial score (nSPS) is 11.5. The summed E-state index contributed by atoms with van der Waals surface area (Å²) in [4.78, 5) is 16.7. The maximum atomic E-state index is 12.3. The van der Waals surface area contributed by atoms with Crippen molar-refractivity contribution in [2.45, 2.75) is 31.7 Å². The number of nitrogens with one attached hydrogen (secondary N) is 2. The number of para-hydroxylation sites is 2. The van der Waals surface area contributed by atoms with Crippen LogP contribution < -0.4 is 14.8 Å². The fraction of sp³-hybridized carbons (Fsp3) is 0.333. The fourth-order valence-corrected chi connectivity index (χ4v) is 4.17. The molecule has 3 aromatic rings. The van der Waals surface area contributed by atoms with Crippen molar-refractivity contribution in [2.24, 2.45) is 0 Å². The Labute approximate surface area is 176 Å². The average Bonchev–Trinajstić information content (AvgIpc) is 3.04. The first-order valence-electron chi connectivity index (χ1n) is 9.82. The zero-order valence-corrected chi connectivity index (χ0v) is 17.9. The summed E-state index contributed by atoms with van der Waals surface area (Å²) >= 11 is 0. The van der Waals surface area contributed by atoms with E-state index >= 15 is 0 Å². The van der Waals surface area contributed by atoms with E-state index in [0.29, 0.717) is 25.4 Å². The third kappa shape index (κ3) is 5.37. The molecule has 2 N–H and O–H groups in total. The maximum absolute atomic E-state index is 12.3. The molecule has 1 aromatic heterocycles. The fourth-order valence-electron chi connectivity index (χ4n) is 3.14. The molecular weight excluding hydrogens is 404 g/mol. The topological polar surface area (TPSA) is 102 Å². The first-order valence-corrected chi connectivity index (χ1v) is 11.3. The van der Waals surface area contributed by atoms with Crippen LogP contribution in [0.4, 0.5) is 0 Å². The van der Waals surface area contributed by atoms with Gasteiger partial charge in [-0.25, -0.2) is 18.1 Å². The van der Waals surface area contributed by atoms with E-state index in [2.05, 4.69) is 15.0 Å². The summed E-state index contributed by atoms with van der Waals surface area (Å²) in [5, 5.41) is 2.82. The highest BCUT2D eigenvalue weighted by Crippen LogP contribution is 2.16. The number of ether oxygens (including phenoxy) is 1. The van der Waals surface area contributed by atoms with Gasteiger partial charge in [0, 0.05) is 26.1 Å². The monoisotopic (exact) mass is 430 g/mol. The van der Waals surface area contributed by atoms with Crippen LogP contribution in [0.5, 0.6) is 5.75 Å². The Hall–Kier alpha value is -2.91. The van der Waals surface area contributed by atoms with Crippen LogP contribution in [0.25, 0.3) is 11.0 Å². The molecule has 0 bridgehead atoms. The van der Waals surface area contributed by atoms with E-state index in [0.717, 1.165) is 16.9 Å². The summed E-state index contributed by atoms with van der Waals surface area (Å²) in [7, 11) is -3.67. The zero-order valence-electron chi connectivity index (χ0n) is 17.1. The lowest BCUT2D eigenvalue weighted by atomic mass is 10.3. The molecule has 30 heavy (non-hydrogen) atoms. The van der Waals surface area contributed by atoms with Crippen LogP contribution in [0, 0.1) is 6.92 Å². The lowest BCUT2D eigenvalue weighted by molar-refractivity contribution is -0.120. The van der Waals surface area contributed by atoms with Crippen molar-refractivity contribution in [3.63, 3.8) is 0 Å². The summed E-state index contributed by atoms with van der Waals surface area (Å²) in [5.74, 6) is 1.27. The minimum Gasteiger partial charge on any atom is -0.494 e. The number of hydrogen-bond donors (Lipinski definition) is 2. The van der Waals surface area contributed by atoms with Crippen LogP contribution in [-0.4, -0.2) is 43.6 Å². The van der Waals surface area contributed by atoms with E-state index in [4.69, 9.17) is 4.74 Å². The molecule has 0 spiro atoms. The number of aryl methyl sites for hydroxylation is 1. The van der Waals surface area contributed by atoms with Crippen molar-refractivity contribution in [3.05, 3.63) is 54.4 Å². The van der Waals surface area contributed by atoms with Crippen LogP contribution in [-0.2, 0) is 21.4 Å². The van der Waals surface area contributed by atoms with Crippen LogP contribution in [0.15, 0.2) is 53.4 Å². The van der Waals surface area contributed by atoms with Gasteiger partial charge >= 0.3 is 0 Å². The Morgan fingerprint density at radius 1 is 1.10 bits per heavy atom. The number of rotatable bonds is 10. The van der Waals surface area contributed by atoms with Crippen LogP contribution in [0.2, 0.25) is 0 Å². The van der Waals surface area contributed by atoms with Gasteiger partial charge in [-0.05, 0) is 50.2 Å². The molecule has 0 aliphatic carbocycles. The van der Waals surface area contributed by atoms with Crippen LogP contribution in [0.3, 0.4) is 0 Å². The Morgan fingerprint density at radius 3 is 2.57 bits per heavy atom. The number of fused-ring (bicyclic) bond motifs is 1. The van der Waals surface area contributed by atoms with Crippen molar-refractivity contribution in [1.29, 1.82) is 0 Å². The Balaban J connectivity index is 1.44. The average molecular weight is 431 g/mol. The number of hydrogen-bond acceptors (Lipinski definition) is 5. The number of benzene rings is 2. The molecule has 0 fully saturated rings. The number of sulfonamides is 1. The number of nitrogens with zero attached hydrogens (tertiary/aromatic N) is 2. The van der Waals surface area contributed by atoms with Gasteiger partial charge in [0.25, 0.3) is 0 Å². The molecule has 0 saturated heterocycles. The van der Waals surface area contributed by atoms with Crippen molar-refractivity contribution in [1.82, 2.24) is 19.6 Å². The summed E-state index contributed by atoms with van der Waals surface area (Å²) in [5.41, 5.74) is 1.94. The van der Waals surface area contributed by atoms with Gasteiger partial charge in [0.05, 0.1) is 22.5 Å². The second-order valence-electron chi connectivity index (χ2n) is 6.70. The number of amides is 1. The Morgan fingerprint density at radius 2 is 1.83 bits per heavy atom. The molecule has 0 saturated carbocycles. The first-order chi connectivity index (χ1) is 14.4. The molecule has 0 atom stereocenters. The molecule has 8 nitrogen and oxygen atoms in total. The summed E-state index contributed by atoms with van der Waals surface area (Å²) in [6, 6.07) is 14.0. The lowest BCUT2D eigenvalue weighted by Crippen LogP contribution is -2.32. The molecule has 1 heterocycles. The van der Waals surface area contributed by atoms with E-state index in [9.17, 15) is 13.2 Å². The number of carbonyl (C=O) groups excluding carboxylic acids is 1. The van der Waals surface area contributed by atoms with Gasteiger partial charge in [0.1, 0.15) is 11.6 Å². The maximum Gasteiger partial charge on any atom is 0.240 e. The third-order valence-corrected chi connectivity index (χ3v) is 6.07. The highest BCUT2D eigenvalue weighted by molar-refractivity contribution is 7.89. The second-order valence-corrected chi connectivity index (χ2v) is 8.47. The molecule has 3 rings (SSSR count). The lowest BCUT2D eigenvalue weighted by Gasteiger charge is -2.10. The van der Waals surface area contributed by atoms with Gasteiger partial charge < -0.3 is 14.6 Å². The molecule has 1 amide bonds. The van der Waals surface area contributed by atoms with Crippen molar-refractivity contribution in [3.8, 4) is 5.75 Å². The van der Waals surface area contributed by atoms with Crippen LogP contribution in [0.1, 0.15) is 19.2 Å². The first kappa shape index (κ1) is 21.8. The van der Waals surface area contributed by atoms with E-state index < -0.39 is 10.0 Å². The van der Waals surface area contributed by atoms with Gasteiger partial charge in [0.15, 0.2) is 0 Å². The van der Waals surface area contributed by atoms with E-state index in [1.165, 1.54) is 12.1 Å². The molecule has 0 radical (unpaired) electrons.